The van der Waals surface area contributed by atoms with E-state index < -0.39 is 18.0 Å². The second kappa shape index (κ2) is 6.45. The molecule has 0 heterocycles. The van der Waals surface area contributed by atoms with Crippen LogP contribution < -0.4 is 10.6 Å². The van der Waals surface area contributed by atoms with Crippen molar-refractivity contribution in [3.8, 4) is 12.3 Å². The number of benzene rings is 1. The van der Waals surface area contributed by atoms with Crippen LogP contribution in [0.5, 0.6) is 0 Å². The van der Waals surface area contributed by atoms with E-state index in [1.54, 1.807) is 6.07 Å². The van der Waals surface area contributed by atoms with Gasteiger partial charge < -0.3 is 15.7 Å². The lowest BCUT2D eigenvalue weighted by molar-refractivity contribution is -0.139. The van der Waals surface area contributed by atoms with Crippen molar-refractivity contribution in [1.29, 1.82) is 0 Å². The van der Waals surface area contributed by atoms with Crippen molar-refractivity contribution in [2.45, 2.75) is 26.3 Å². The van der Waals surface area contributed by atoms with Gasteiger partial charge in [0.25, 0.3) is 0 Å². The van der Waals surface area contributed by atoms with E-state index in [1.165, 1.54) is 0 Å². The summed E-state index contributed by atoms with van der Waals surface area (Å²) in [5.41, 5.74) is 2.61. The summed E-state index contributed by atoms with van der Waals surface area (Å²) < 4.78 is 0. The number of carbonyl (C=O) groups is 2. The molecule has 0 saturated carbocycles. The van der Waals surface area contributed by atoms with E-state index >= 15 is 0 Å². The van der Waals surface area contributed by atoms with Crippen molar-refractivity contribution in [2.24, 2.45) is 0 Å². The van der Waals surface area contributed by atoms with Crippen LogP contribution in [0.3, 0.4) is 0 Å². The summed E-state index contributed by atoms with van der Waals surface area (Å²) in [4.78, 5) is 22.6. The zero-order valence-corrected chi connectivity index (χ0v) is 10.9. The summed E-state index contributed by atoms with van der Waals surface area (Å²) in [6, 6.07) is 3.82. The van der Waals surface area contributed by atoms with Crippen LogP contribution in [0.25, 0.3) is 0 Å². The van der Waals surface area contributed by atoms with Gasteiger partial charge in [0.05, 0.1) is 0 Å². The lowest BCUT2D eigenvalue weighted by Gasteiger charge is -2.14. The SMILES string of the molecule is C#CCC(NC(=O)Nc1cccc(C)c1C)C(=O)O. The number of anilines is 1. The van der Waals surface area contributed by atoms with E-state index in [-0.39, 0.29) is 6.42 Å². The number of rotatable bonds is 4. The van der Waals surface area contributed by atoms with Crippen LogP contribution in [0, 0.1) is 26.2 Å². The molecule has 0 spiro atoms. The van der Waals surface area contributed by atoms with Crippen molar-refractivity contribution in [3.63, 3.8) is 0 Å². The summed E-state index contributed by atoms with van der Waals surface area (Å²) >= 11 is 0. The normalized spacial score (nSPS) is 11.2. The predicted molar refractivity (Wildman–Crippen MR) is 72.9 cm³/mol. The summed E-state index contributed by atoms with van der Waals surface area (Å²) in [6.07, 6.45) is 4.99. The van der Waals surface area contributed by atoms with Crippen LogP contribution in [0.1, 0.15) is 17.5 Å². The lowest BCUT2D eigenvalue weighted by Crippen LogP contribution is -2.42. The molecule has 0 saturated heterocycles. The summed E-state index contributed by atoms with van der Waals surface area (Å²) in [5, 5.41) is 13.8. The first-order chi connectivity index (χ1) is 8.95. The molecule has 1 atom stereocenters. The minimum Gasteiger partial charge on any atom is -0.480 e. The number of aryl methyl sites for hydroxylation is 1. The first-order valence-corrected chi connectivity index (χ1v) is 5.75. The minimum atomic E-state index is -1.16. The molecule has 1 rings (SSSR count). The number of urea groups is 1. The Labute approximate surface area is 112 Å². The van der Waals surface area contributed by atoms with E-state index in [1.807, 2.05) is 26.0 Å². The Kier molecular flexibility index (Phi) is 4.95. The maximum Gasteiger partial charge on any atom is 0.327 e. The van der Waals surface area contributed by atoms with Crippen LogP contribution in [-0.4, -0.2) is 23.1 Å². The molecular weight excluding hydrogens is 244 g/mol. The number of carboxylic acids is 1. The van der Waals surface area contributed by atoms with Crippen molar-refractivity contribution >= 4 is 17.7 Å². The maximum atomic E-state index is 11.7. The fourth-order valence-corrected chi connectivity index (χ4v) is 1.52. The van der Waals surface area contributed by atoms with E-state index in [4.69, 9.17) is 11.5 Å². The summed E-state index contributed by atoms with van der Waals surface area (Å²) in [5.74, 6) is 1.06. The highest BCUT2D eigenvalue weighted by Crippen LogP contribution is 2.17. The molecule has 0 bridgehead atoms. The summed E-state index contributed by atoms with van der Waals surface area (Å²) in [6.45, 7) is 3.80. The predicted octanol–water partition coefficient (Wildman–Crippen LogP) is 1.90. The smallest absolute Gasteiger partial charge is 0.327 e. The van der Waals surface area contributed by atoms with Gasteiger partial charge in [0.2, 0.25) is 0 Å². The van der Waals surface area contributed by atoms with E-state index in [9.17, 15) is 9.59 Å². The van der Waals surface area contributed by atoms with Gasteiger partial charge in [0.15, 0.2) is 0 Å². The molecule has 0 aliphatic heterocycles. The highest BCUT2D eigenvalue weighted by atomic mass is 16.4. The molecule has 0 aromatic heterocycles. The van der Waals surface area contributed by atoms with E-state index in [0.29, 0.717) is 5.69 Å². The van der Waals surface area contributed by atoms with Gasteiger partial charge in [0, 0.05) is 12.1 Å². The Morgan fingerprint density at radius 2 is 2.11 bits per heavy atom. The highest BCUT2D eigenvalue weighted by Gasteiger charge is 2.18. The molecule has 0 fully saturated rings. The Balaban J connectivity index is 2.72. The van der Waals surface area contributed by atoms with Crippen LogP contribution >= 0.6 is 0 Å². The van der Waals surface area contributed by atoms with Crippen LogP contribution in [0.4, 0.5) is 10.5 Å². The van der Waals surface area contributed by atoms with Crippen molar-refractivity contribution in [1.82, 2.24) is 5.32 Å². The van der Waals surface area contributed by atoms with Crippen LogP contribution in [-0.2, 0) is 4.79 Å². The quantitative estimate of drug-likeness (QED) is 0.723. The van der Waals surface area contributed by atoms with Gasteiger partial charge in [-0.2, -0.15) is 0 Å². The van der Waals surface area contributed by atoms with Gasteiger partial charge in [0.1, 0.15) is 6.04 Å². The second-order valence-electron chi connectivity index (χ2n) is 4.15. The fourth-order valence-electron chi connectivity index (χ4n) is 1.52. The van der Waals surface area contributed by atoms with Gasteiger partial charge in [-0.3, -0.25) is 0 Å². The highest BCUT2D eigenvalue weighted by molar-refractivity contribution is 5.93. The van der Waals surface area contributed by atoms with Crippen molar-refractivity contribution in [3.05, 3.63) is 29.3 Å². The molecule has 1 unspecified atom stereocenters. The Morgan fingerprint density at radius 1 is 1.42 bits per heavy atom. The molecule has 1 aromatic carbocycles. The molecule has 100 valence electrons. The van der Waals surface area contributed by atoms with Gasteiger partial charge in [-0.05, 0) is 31.0 Å². The van der Waals surface area contributed by atoms with Crippen LogP contribution in [0.2, 0.25) is 0 Å². The zero-order chi connectivity index (χ0) is 14.4. The van der Waals surface area contributed by atoms with Crippen LogP contribution in [0.15, 0.2) is 18.2 Å². The standard InChI is InChI=1S/C14H16N2O3/c1-4-6-12(13(17)18)16-14(19)15-11-8-5-7-9(2)10(11)3/h1,5,7-8,12H,6H2,2-3H3,(H,17,18)(H2,15,16,19). The third-order valence-corrected chi connectivity index (χ3v) is 2.78. The summed E-state index contributed by atoms with van der Waals surface area (Å²) in [7, 11) is 0. The second-order valence-corrected chi connectivity index (χ2v) is 4.15. The first kappa shape index (κ1) is 14.6. The average molecular weight is 260 g/mol. The molecule has 0 aliphatic carbocycles. The molecule has 3 N–H and O–H groups in total. The number of aliphatic carboxylic acids is 1. The first-order valence-electron chi connectivity index (χ1n) is 5.75. The van der Waals surface area contributed by atoms with Gasteiger partial charge >= 0.3 is 12.0 Å². The molecule has 2 amide bonds. The lowest BCUT2D eigenvalue weighted by atomic mass is 10.1. The molecule has 0 radical (unpaired) electrons. The molecule has 5 nitrogen and oxygen atoms in total. The van der Waals surface area contributed by atoms with Gasteiger partial charge in [-0.25, -0.2) is 9.59 Å². The Morgan fingerprint density at radius 3 is 2.68 bits per heavy atom. The number of hydrogen-bond acceptors (Lipinski definition) is 2. The largest absolute Gasteiger partial charge is 0.480 e. The number of amides is 2. The topological polar surface area (TPSA) is 78.4 Å². The fraction of sp³-hybridized carbons (Fsp3) is 0.286. The monoisotopic (exact) mass is 260 g/mol. The van der Waals surface area contributed by atoms with Crippen molar-refractivity contribution < 1.29 is 14.7 Å². The number of terminal acetylenes is 1. The van der Waals surface area contributed by atoms with Gasteiger partial charge in [-0.1, -0.05) is 12.1 Å². The number of hydrogen-bond donors (Lipinski definition) is 3. The van der Waals surface area contributed by atoms with Crippen molar-refractivity contribution in [2.75, 3.05) is 5.32 Å². The molecule has 1 aromatic rings. The van der Waals surface area contributed by atoms with E-state index in [0.717, 1.165) is 11.1 Å². The number of carbonyl (C=O) groups excluding carboxylic acids is 1. The Hall–Kier alpha value is -2.48. The number of nitrogens with one attached hydrogen (secondary N) is 2. The number of carboxylic acid groups (broad SMARTS) is 1. The molecule has 0 aliphatic rings. The molecule has 19 heavy (non-hydrogen) atoms. The average Bonchev–Trinajstić information content (AvgIpc) is 2.34. The van der Waals surface area contributed by atoms with Gasteiger partial charge in [-0.15, -0.1) is 12.3 Å². The minimum absolute atomic E-state index is 0.0600. The Bertz CT molecular complexity index is 532. The molecule has 5 heteroatoms. The third kappa shape index (κ3) is 4.03. The maximum absolute atomic E-state index is 11.7. The van der Waals surface area contributed by atoms with E-state index in [2.05, 4.69) is 16.6 Å². The zero-order valence-electron chi connectivity index (χ0n) is 10.9. The molecular formula is C14H16N2O3. The third-order valence-electron chi connectivity index (χ3n) is 2.78.